The Kier molecular flexibility index (Phi) is 6.44. The van der Waals surface area contributed by atoms with Crippen molar-refractivity contribution in [3.05, 3.63) is 118 Å². The van der Waals surface area contributed by atoms with Crippen LogP contribution in [0.3, 0.4) is 0 Å². The molecule has 0 aliphatic heterocycles. The number of nitrogens with zero attached hydrogens (tertiary/aromatic N) is 5. The fourth-order valence-electron chi connectivity index (χ4n) is 5.18. The van der Waals surface area contributed by atoms with Crippen LogP contribution in [0.5, 0.6) is 0 Å². The second-order valence-corrected chi connectivity index (χ2v) is 11.0. The average molecular weight is 562 g/mol. The molecule has 0 atom stereocenters. The second kappa shape index (κ2) is 10.0. The van der Waals surface area contributed by atoms with E-state index in [0.717, 1.165) is 10.2 Å². The number of nitriles is 1. The molecule has 0 spiro atoms. The van der Waals surface area contributed by atoms with E-state index in [9.17, 15) is 19.6 Å². The number of fused-ring (bicyclic) bond motifs is 2. The first kappa shape index (κ1) is 27.0. The van der Waals surface area contributed by atoms with Gasteiger partial charge in [-0.3, -0.25) is 9.36 Å². The molecule has 0 aliphatic carbocycles. The Bertz CT molecular complexity index is 2130. The van der Waals surface area contributed by atoms with Crippen molar-refractivity contribution >= 4 is 21.8 Å². The fraction of sp³-hybridized carbons (Fsp3) is 0.152. The summed E-state index contributed by atoms with van der Waals surface area (Å²) in [5.41, 5.74) is 2.05. The van der Waals surface area contributed by atoms with E-state index in [1.54, 1.807) is 65.4 Å². The monoisotopic (exact) mass is 561 g/mol. The van der Waals surface area contributed by atoms with Crippen LogP contribution in [0.25, 0.3) is 44.4 Å². The third-order valence-electron chi connectivity index (χ3n) is 7.40. The lowest BCUT2D eigenvalue weighted by Crippen LogP contribution is -2.24. The number of hydrogen-bond acceptors (Lipinski definition) is 5. The van der Waals surface area contributed by atoms with E-state index in [1.807, 2.05) is 20.8 Å². The van der Waals surface area contributed by atoms with E-state index in [2.05, 4.69) is 16.2 Å². The largest absolute Gasteiger partial charge is 0.392 e. The number of aliphatic hydroxyl groups is 1. The Morgan fingerprint density at radius 1 is 0.976 bits per heavy atom. The predicted octanol–water partition coefficient (Wildman–Crippen LogP) is 6.33. The van der Waals surface area contributed by atoms with Crippen LogP contribution in [0.2, 0.25) is 0 Å². The number of halogens is 2. The third kappa shape index (κ3) is 4.33. The van der Waals surface area contributed by atoms with Gasteiger partial charge in [0.15, 0.2) is 0 Å². The molecule has 0 saturated heterocycles. The first-order chi connectivity index (χ1) is 20.1. The maximum atomic E-state index is 15.3. The molecule has 1 N–H and O–H groups in total. The van der Waals surface area contributed by atoms with Crippen LogP contribution in [0.15, 0.2) is 83.9 Å². The van der Waals surface area contributed by atoms with Gasteiger partial charge in [-0.15, -0.1) is 0 Å². The first-order valence-electron chi connectivity index (χ1n) is 13.2. The van der Waals surface area contributed by atoms with Crippen LogP contribution in [-0.2, 0) is 12.0 Å². The van der Waals surface area contributed by atoms with Gasteiger partial charge in [0.2, 0.25) is 0 Å². The van der Waals surface area contributed by atoms with Gasteiger partial charge in [0, 0.05) is 28.1 Å². The maximum Gasteiger partial charge on any atom is 0.282 e. The SMILES string of the molecule is CC(C)(C)c1cc(F)c2c(=O)n(-c3cccc(-n4cc(C#N)c5ccc(-c6ccccc6F)nc54)c3CO)ncc2c1. The summed E-state index contributed by atoms with van der Waals surface area (Å²) in [7, 11) is 0. The Morgan fingerprint density at radius 3 is 2.45 bits per heavy atom. The molecule has 9 heteroatoms. The molecule has 3 heterocycles. The molecule has 0 aliphatic rings. The summed E-state index contributed by atoms with van der Waals surface area (Å²) >= 11 is 0. The molecule has 3 aromatic carbocycles. The highest BCUT2D eigenvalue weighted by molar-refractivity contribution is 5.87. The van der Waals surface area contributed by atoms with Gasteiger partial charge >= 0.3 is 0 Å². The summed E-state index contributed by atoms with van der Waals surface area (Å²) in [6.45, 7) is 5.37. The minimum atomic E-state index is -0.674. The highest BCUT2D eigenvalue weighted by Crippen LogP contribution is 2.31. The molecule has 3 aromatic heterocycles. The molecule has 6 rings (SSSR count). The highest BCUT2D eigenvalue weighted by atomic mass is 19.1. The van der Waals surface area contributed by atoms with E-state index in [4.69, 9.17) is 0 Å². The van der Waals surface area contributed by atoms with E-state index in [0.29, 0.717) is 44.5 Å². The summed E-state index contributed by atoms with van der Waals surface area (Å²) in [5, 5.41) is 25.5. The van der Waals surface area contributed by atoms with Crippen LogP contribution >= 0.6 is 0 Å². The molecular weight excluding hydrogens is 536 g/mol. The van der Waals surface area contributed by atoms with Crippen molar-refractivity contribution < 1.29 is 13.9 Å². The Balaban J connectivity index is 1.57. The van der Waals surface area contributed by atoms with Gasteiger partial charge < -0.3 is 5.11 Å². The Hall–Kier alpha value is -5.20. The second-order valence-electron chi connectivity index (χ2n) is 11.0. The molecule has 0 radical (unpaired) electrons. The quantitative estimate of drug-likeness (QED) is 0.271. The molecule has 7 nitrogen and oxygen atoms in total. The number of rotatable bonds is 4. The maximum absolute atomic E-state index is 15.3. The van der Waals surface area contributed by atoms with Crippen LogP contribution in [0.4, 0.5) is 8.78 Å². The minimum Gasteiger partial charge on any atom is -0.392 e. The molecule has 0 saturated carbocycles. The van der Waals surface area contributed by atoms with E-state index >= 15 is 4.39 Å². The van der Waals surface area contributed by atoms with Crippen molar-refractivity contribution in [2.24, 2.45) is 0 Å². The Morgan fingerprint density at radius 2 is 1.74 bits per heavy atom. The zero-order valence-corrected chi connectivity index (χ0v) is 23.1. The summed E-state index contributed by atoms with van der Waals surface area (Å²) in [6, 6.07) is 19.9. The van der Waals surface area contributed by atoms with Crippen LogP contribution in [0.1, 0.15) is 37.5 Å². The molecule has 0 amide bonds. The van der Waals surface area contributed by atoms with Gasteiger partial charge in [0.1, 0.15) is 23.4 Å². The van der Waals surface area contributed by atoms with Gasteiger partial charge in [-0.05, 0) is 59.5 Å². The molecule has 42 heavy (non-hydrogen) atoms. The molecule has 0 fully saturated rings. The van der Waals surface area contributed by atoms with Crippen LogP contribution in [0, 0.1) is 23.0 Å². The van der Waals surface area contributed by atoms with Gasteiger partial charge in [0.05, 0.1) is 40.8 Å². The van der Waals surface area contributed by atoms with Crippen molar-refractivity contribution in [2.45, 2.75) is 32.8 Å². The van der Waals surface area contributed by atoms with Gasteiger partial charge in [-0.1, -0.05) is 39.0 Å². The van der Waals surface area contributed by atoms with Crippen molar-refractivity contribution in [1.82, 2.24) is 19.3 Å². The summed E-state index contributed by atoms with van der Waals surface area (Å²) < 4.78 is 32.6. The Labute approximate surface area is 239 Å². The normalized spacial score (nSPS) is 11.7. The number of aliphatic hydroxyl groups excluding tert-OH is 1. The van der Waals surface area contributed by atoms with Crippen molar-refractivity contribution in [1.29, 1.82) is 5.26 Å². The lowest BCUT2D eigenvalue weighted by Gasteiger charge is -2.20. The van der Waals surface area contributed by atoms with Crippen molar-refractivity contribution in [3.8, 4) is 28.7 Å². The topological polar surface area (TPSA) is 96.7 Å². The molecule has 0 unspecified atom stereocenters. The zero-order valence-electron chi connectivity index (χ0n) is 23.1. The minimum absolute atomic E-state index is 0.110. The fourth-order valence-corrected chi connectivity index (χ4v) is 5.18. The summed E-state index contributed by atoms with van der Waals surface area (Å²) in [5.74, 6) is -1.09. The van der Waals surface area contributed by atoms with E-state index in [-0.39, 0.29) is 16.5 Å². The lowest BCUT2D eigenvalue weighted by atomic mass is 9.86. The first-order valence-corrected chi connectivity index (χ1v) is 13.2. The zero-order chi connectivity index (χ0) is 29.8. The number of pyridine rings is 1. The number of benzene rings is 3. The predicted molar refractivity (Wildman–Crippen MR) is 157 cm³/mol. The molecule has 208 valence electrons. The van der Waals surface area contributed by atoms with Crippen LogP contribution < -0.4 is 5.56 Å². The van der Waals surface area contributed by atoms with Gasteiger partial charge in [-0.2, -0.15) is 15.0 Å². The van der Waals surface area contributed by atoms with Gasteiger partial charge in [-0.25, -0.2) is 13.8 Å². The third-order valence-corrected chi connectivity index (χ3v) is 7.40. The molecule has 6 aromatic rings. The highest BCUT2D eigenvalue weighted by Gasteiger charge is 2.22. The average Bonchev–Trinajstić information content (AvgIpc) is 3.34. The van der Waals surface area contributed by atoms with Crippen molar-refractivity contribution in [3.63, 3.8) is 0 Å². The van der Waals surface area contributed by atoms with Gasteiger partial charge in [0.25, 0.3) is 5.56 Å². The standard InChI is InChI=1S/C33H25F2N5O2/c1-33(2,3)21-13-19-16-37-40(32(42)30(19)26(35)14-21)29-10-6-9-28(24(29)18-41)39-17-20(15-36)22-11-12-27(38-31(22)39)23-7-4-5-8-25(23)34/h4-14,16-17,41H,18H2,1-3H3. The molecular formula is C33H25F2N5O2. The van der Waals surface area contributed by atoms with Crippen molar-refractivity contribution in [2.75, 3.05) is 0 Å². The van der Waals surface area contributed by atoms with E-state index in [1.165, 1.54) is 18.3 Å². The number of hydrogen-bond donors (Lipinski definition) is 1. The lowest BCUT2D eigenvalue weighted by molar-refractivity contribution is 0.281. The number of aromatic nitrogens is 4. The summed E-state index contributed by atoms with van der Waals surface area (Å²) in [6.07, 6.45) is 3.01. The summed E-state index contributed by atoms with van der Waals surface area (Å²) in [4.78, 5) is 18.3. The van der Waals surface area contributed by atoms with Crippen LogP contribution in [-0.4, -0.2) is 24.4 Å². The van der Waals surface area contributed by atoms with E-state index < -0.39 is 23.8 Å². The molecule has 0 bridgehead atoms. The smallest absolute Gasteiger partial charge is 0.282 e.